The Morgan fingerprint density at radius 1 is 1.34 bits per heavy atom. The highest BCUT2D eigenvalue weighted by atomic mass is 19.1. The minimum atomic E-state index is -1.20. The van der Waals surface area contributed by atoms with Crippen LogP contribution in [0.3, 0.4) is 0 Å². The minimum absolute atomic E-state index is 0.0141. The zero-order valence-corrected chi connectivity index (χ0v) is 17.0. The number of carbonyl (C=O) groups is 2. The molecule has 1 atom stereocenters. The molecule has 6 nitrogen and oxygen atoms in total. The maximum atomic E-state index is 13.7. The lowest BCUT2D eigenvalue weighted by Crippen LogP contribution is -2.30. The molecule has 0 bridgehead atoms. The van der Waals surface area contributed by atoms with Crippen molar-refractivity contribution >= 4 is 23.6 Å². The lowest BCUT2D eigenvalue weighted by atomic mass is 10.1. The number of halogens is 1. The van der Waals surface area contributed by atoms with Crippen molar-refractivity contribution in [2.75, 3.05) is 5.32 Å². The fourth-order valence-electron chi connectivity index (χ4n) is 2.91. The molecule has 152 valence electrons. The van der Waals surface area contributed by atoms with E-state index in [0.717, 1.165) is 29.9 Å². The van der Waals surface area contributed by atoms with Crippen LogP contribution in [0.4, 0.5) is 10.1 Å². The summed E-state index contributed by atoms with van der Waals surface area (Å²) in [4.78, 5) is 24.6. The number of esters is 1. The number of anilines is 1. The van der Waals surface area contributed by atoms with Crippen LogP contribution in [0, 0.1) is 31.0 Å². The summed E-state index contributed by atoms with van der Waals surface area (Å²) in [5, 5.41) is 11.7. The van der Waals surface area contributed by atoms with Gasteiger partial charge in [-0.3, -0.25) is 4.79 Å². The van der Waals surface area contributed by atoms with Gasteiger partial charge in [0.05, 0.1) is 5.69 Å². The summed E-state index contributed by atoms with van der Waals surface area (Å²) in [6, 6.07) is 9.39. The summed E-state index contributed by atoms with van der Waals surface area (Å²) in [5.74, 6) is -2.20. The maximum absolute atomic E-state index is 13.7. The van der Waals surface area contributed by atoms with Crippen LogP contribution in [0.25, 0.3) is 6.08 Å². The SMILES string of the molecule is CCCn1c(C)cc(/C=C(\C#N)C(=O)O[C@H](C)C(=O)Nc2ccccc2F)c1C. The molecule has 2 rings (SSSR count). The molecule has 0 unspecified atom stereocenters. The summed E-state index contributed by atoms with van der Waals surface area (Å²) in [6.07, 6.45) is 1.21. The van der Waals surface area contributed by atoms with E-state index in [0.29, 0.717) is 0 Å². The third-order valence-corrected chi connectivity index (χ3v) is 4.48. The number of hydrogen-bond donors (Lipinski definition) is 1. The van der Waals surface area contributed by atoms with Gasteiger partial charge in [-0.2, -0.15) is 5.26 Å². The lowest BCUT2D eigenvalue weighted by Gasteiger charge is -2.13. The number of ether oxygens (including phenoxy) is 1. The van der Waals surface area contributed by atoms with Gasteiger partial charge < -0.3 is 14.6 Å². The van der Waals surface area contributed by atoms with Crippen LogP contribution in [-0.4, -0.2) is 22.5 Å². The Morgan fingerprint density at radius 2 is 2.03 bits per heavy atom. The average molecular weight is 397 g/mol. The third-order valence-electron chi connectivity index (χ3n) is 4.48. The Labute approximate surface area is 169 Å². The zero-order chi connectivity index (χ0) is 21.6. The van der Waals surface area contributed by atoms with Crippen LogP contribution in [0.2, 0.25) is 0 Å². The van der Waals surface area contributed by atoms with Crippen LogP contribution < -0.4 is 5.32 Å². The molecule has 0 spiro atoms. The van der Waals surface area contributed by atoms with Crippen molar-refractivity contribution in [2.45, 2.75) is 46.8 Å². The van der Waals surface area contributed by atoms with E-state index in [2.05, 4.69) is 16.8 Å². The molecule has 0 fully saturated rings. The van der Waals surface area contributed by atoms with Crippen LogP contribution in [-0.2, 0) is 20.9 Å². The fraction of sp³-hybridized carbons (Fsp3) is 0.318. The number of amides is 1. The van der Waals surface area contributed by atoms with Crippen molar-refractivity contribution in [3.63, 3.8) is 0 Å². The molecule has 0 radical (unpaired) electrons. The van der Waals surface area contributed by atoms with Crippen LogP contribution in [0.1, 0.15) is 37.2 Å². The molecule has 1 aromatic carbocycles. The predicted octanol–water partition coefficient (Wildman–Crippen LogP) is 4.13. The number of nitriles is 1. The standard InChI is InChI=1S/C22H24FN3O3/c1-5-10-26-14(2)11-17(15(26)3)12-18(13-24)22(28)29-16(4)21(27)25-20-9-7-6-8-19(20)23/h6-9,11-12,16H,5,10H2,1-4H3,(H,25,27)/b18-12+/t16-/m1/s1. The molecule has 1 amide bonds. The number of aromatic nitrogens is 1. The first-order valence-corrected chi connectivity index (χ1v) is 9.33. The number of para-hydroxylation sites is 1. The smallest absolute Gasteiger partial charge is 0.349 e. The van der Waals surface area contributed by atoms with E-state index in [9.17, 15) is 19.2 Å². The van der Waals surface area contributed by atoms with Gasteiger partial charge in [0.1, 0.15) is 17.5 Å². The Balaban J connectivity index is 2.12. The summed E-state index contributed by atoms with van der Waals surface area (Å²) in [6.45, 7) is 8.14. The second kappa shape index (κ2) is 9.69. The van der Waals surface area contributed by atoms with Crippen molar-refractivity contribution in [3.05, 3.63) is 58.7 Å². The van der Waals surface area contributed by atoms with Gasteiger partial charge in [0, 0.05) is 17.9 Å². The number of carbonyl (C=O) groups excluding carboxylic acids is 2. The summed E-state index contributed by atoms with van der Waals surface area (Å²) in [5.41, 5.74) is 2.48. The van der Waals surface area contributed by atoms with Gasteiger partial charge in [-0.25, -0.2) is 9.18 Å². The molecule has 1 heterocycles. The summed E-state index contributed by atoms with van der Waals surface area (Å²) < 4.78 is 20.9. The lowest BCUT2D eigenvalue weighted by molar-refractivity contribution is -0.148. The van der Waals surface area contributed by atoms with Crippen LogP contribution >= 0.6 is 0 Å². The van der Waals surface area contributed by atoms with Gasteiger partial charge in [0.2, 0.25) is 0 Å². The molecule has 0 saturated heterocycles. The average Bonchev–Trinajstić information content (AvgIpc) is 2.95. The Kier molecular flexibility index (Phi) is 7.32. The van der Waals surface area contributed by atoms with Gasteiger partial charge in [-0.05, 0) is 57.0 Å². The van der Waals surface area contributed by atoms with Crippen molar-refractivity contribution in [2.24, 2.45) is 0 Å². The zero-order valence-electron chi connectivity index (χ0n) is 17.0. The van der Waals surface area contributed by atoms with Crippen molar-refractivity contribution < 1.29 is 18.7 Å². The van der Waals surface area contributed by atoms with E-state index >= 15 is 0 Å². The van der Waals surface area contributed by atoms with Crippen LogP contribution in [0.15, 0.2) is 35.9 Å². The van der Waals surface area contributed by atoms with E-state index in [-0.39, 0.29) is 11.3 Å². The summed E-state index contributed by atoms with van der Waals surface area (Å²) in [7, 11) is 0. The second-order valence-corrected chi connectivity index (χ2v) is 6.66. The van der Waals surface area contributed by atoms with E-state index in [1.807, 2.05) is 26.0 Å². The molecule has 0 saturated carbocycles. The van der Waals surface area contributed by atoms with Gasteiger partial charge >= 0.3 is 5.97 Å². The monoisotopic (exact) mass is 397 g/mol. The van der Waals surface area contributed by atoms with Crippen molar-refractivity contribution in [1.82, 2.24) is 4.57 Å². The predicted molar refractivity (Wildman–Crippen MR) is 108 cm³/mol. The van der Waals surface area contributed by atoms with E-state index in [4.69, 9.17) is 4.74 Å². The summed E-state index contributed by atoms with van der Waals surface area (Å²) >= 11 is 0. The molecule has 0 aliphatic heterocycles. The van der Waals surface area contributed by atoms with Crippen molar-refractivity contribution in [3.8, 4) is 6.07 Å². The number of rotatable bonds is 7. The first kappa shape index (κ1) is 21.9. The van der Waals surface area contributed by atoms with Gasteiger partial charge in [0.25, 0.3) is 5.91 Å². The van der Waals surface area contributed by atoms with Gasteiger partial charge in [-0.15, -0.1) is 0 Å². The fourth-order valence-corrected chi connectivity index (χ4v) is 2.91. The Hall–Kier alpha value is -3.40. The molecule has 1 N–H and O–H groups in total. The van der Waals surface area contributed by atoms with E-state index in [1.54, 1.807) is 6.07 Å². The topological polar surface area (TPSA) is 84.1 Å². The number of aryl methyl sites for hydroxylation is 1. The first-order valence-electron chi connectivity index (χ1n) is 9.33. The normalized spacial score (nSPS) is 12.2. The molecule has 2 aromatic rings. The van der Waals surface area contributed by atoms with Gasteiger partial charge in [0.15, 0.2) is 6.10 Å². The minimum Gasteiger partial charge on any atom is -0.448 e. The second-order valence-electron chi connectivity index (χ2n) is 6.66. The number of hydrogen-bond acceptors (Lipinski definition) is 4. The molecular formula is C22H24FN3O3. The van der Waals surface area contributed by atoms with Gasteiger partial charge in [-0.1, -0.05) is 19.1 Å². The highest BCUT2D eigenvalue weighted by Crippen LogP contribution is 2.19. The first-order chi connectivity index (χ1) is 13.8. The Bertz CT molecular complexity index is 986. The number of nitrogens with one attached hydrogen (secondary N) is 1. The number of benzene rings is 1. The quantitative estimate of drug-likeness (QED) is 0.432. The molecule has 29 heavy (non-hydrogen) atoms. The van der Waals surface area contributed by atoms with Crippen molar-refractivity contribution in [1.29, 1.82) is 5.26 Å². The molecule has 0 aliphatic rings. The molecular weight excluding hydrogens is 373 g/mol. The number of nitrogens with zero attached hydrogens (tertiary/aromatic N) is 2. The highest BCUT2D eigenvalue weighted by Gasteiger charge is 2.22. The molecule has 0 aliphatic carbocycles. The van der Waals surface area contributed by atoms with E-state index < -0.39 is 23.8 Å². The third kappa shape index (κ3) is 5.32. The van der Waals surface area contributed by atoms with Crippen LogP contribution in [0.5, 0.6) is 0 Å². The molecule has 7 heteroatoms. The van der Waals surface area contributed by atoms with E-state index in [1.165, 1.54) is 31.2 Å². The highest BCUT2D eigenvalue weighted by molar-refractivity contribution is 6.01. The maximum Gasteiger partial charge on any atom is 0.349 e. The Morgan fingerprint density at radius 3 is 2.66 bits per heavy atom. The molecule has 1 aromatic heterocycles. The largest absolute Gasteiger partial charge is 0.448 e.